The summed E-state index contributed by atoms with van der Waals surface area (Å²) < 4.78 is 60.2. The molecule has 224 valence electrons. The number of benzene rings is 2. The number of nitrogens with two attached hydrogens (primary N) is 1. The molecule has 5 aromatic rings. The molecule has 3 N–H and O–H groups in total. The minimum atomic E-state index is -4.29. The van der Waals surface area contributed by atoms with Gasteiger partial charge in [0.2, 0.25) is 0 Å². The van der Waals surface area contributed by atoms with Crippen LogP contribution in [-0.2, 0) is 23.0 Å². The summed E-state index contributed by atoms with van der Waals surface area (Å²) in [5.74, 6) is -1.21. The summed E-state index contributed by atoms with van der Waals surface area (Å²) in [6.45, 7) is 1.64. The molecule has 2 aromatic carbocycles. The molecule has 1 fully saturated rings. The first kappa shape index (κ1) is 28.0. The molecule has 0 atom stereocenters. The second-order valence-corrected chi connectivity index (χ2v) is 12.9. The number of anilines is 1. The van der Waals surface area contributed by atoms with Gasteiger partial charge in [-0.25, -0.2) is 22.7 Å². The first-order chi connectivity index (χ1) is 21.2. The van der Waals surface area contributed by atoms with Gasteiger partial charge in [0.15, 0.2) is 10.7 Å². The number of aromatic hydroxyl groups is 1. The summed E-state index contributed by atoms with van der Waals surface area (Å²) in [6.07, 6.45) is 7.08. The van der Waals surface area contributed by atoms with Crippen molar-refractivity contribution >= 4 is 26.7 Å². The van der Waals surface area contributed by atoms with Crippen molar-refractivity contribution in [3.05, 3.63) is 78.0 Å². The van der Waals surface area contributed by atoms with E-state index in [2.05, 4.69) is 9.97 Å². The first-order valence-corrected chi connectivity index (χ1v) is 15.6. The van der Waals surface area contributed by atoms with Gasteiger partial charge in [0.05, 0.1) is 16.6 Å². The van der Waals surface area contributed by atoms with Gasteiger partial charge in [0.25, 0.3) is 10.0 Å². The van der Waals surface area contributed by atoms with E-state index in [-0.39, 0.29) is 44.7 Å². The third kappa shape index (κ3) is 4.49. The fourth-order valence-corrected chi connectivity index (χ4v) is 7.51. The summed E-state index contributed by atoms with van der Waals surface area (Å²) in [6, 6.07) is 9.70. The predicted octanol–water partition coefficient (Wildman–Crippen LogP) is 4.53. The highest BCUT2D eigenvalue weighted by Crippen LogP contribution is 2.46. The number of aryl methyl sites for hydroxylation is 2. The van der Waals surface area contributed by atoms with E-state index < -0.39 is 21.7 Å². The maximum Gasteiger partial charge on any atom is 0.288 e. The highest BCUT2D eigenvalue weighted by molar-refractivity contribution is 7.90. The van der Waals surface area contributed by atoms with Gasteiger partial charge >= 0.3 is 0 Å². The molecule has 0 unspecified atom stereocenters. The number of hydrogen-bond donors (Lipinski definition) is 2. The lowest BCUT2D eigenvalue weighted by atomic mass is 9.95. The van der Waals surface area contributed by atoms with Crippen LogP contribution in [-0.4, -0.2) is 51.2 Å². The van der Waals surface area contributed by atoms with Crippen molar-refractivity contribution in [2.24, 2.45) is 5.73 Å². The highest BCUT2D eigenvalue weighted by atomic mass is 32.2. The van der Waals surface area contributed by atoms with Gasteiger partial charge in [0, 0.05) is 73.4 Å². The van der Waals surface area contributed by atoms with Crippen molar-refractivity contribution in [2.45, 2.75) is 43.3 Å². The van der Waals surface area contributed by atoms with Gasteiger partial charge < -0.3 is 20.3 Å². The zero-order valence-corrected chi connectivity index (χ0v) is 24.2. The second-order valence-electron chi connectivity index (χ2n) is 11.2. The van der Waals surface area contributed by atoms with Crippen LogP contribution < -0.4 is 10.6 Å². The number of pyridine rings is 1. The molecule has 0 radical (unpaired) electrons. The SMILES string of the molecule is N#Cc1cccc(-c2cn(S(=O)(=O)c3cn4c(n3)CCC4)c3ncc(-c4cc(F)cc(F)c4)c(N4CCC(N)CC4)c23)c1O. The second kappa shape index (κ2) is 10.4. The fourth-order valence-electron chi connectivity index (χ4n) is 6.21. The first-order valence-electron chi connectivity index (χ1n) is 14.2. The van der Waals surface area contributed by atoms with Crippen LogP contribution in [0.4, 0.5) is 14.5 Å². The van der Waals surface area contributed by atoms with Crippen molar-refractivity contribution < 1.29 is 22.3 Å². The quantitative estimate of drug-likeness (QED) is 0.294. The Bertz CT molecular complexity index is 2070. The number of phenols is 1. The number of imidazole rings is 1. The summed E-state index contributed by atoms with van der Waals surface area (Å²) in [5, 5.41) is 21.0. The number of aromatic nitrogens is 4. The fraction of sp³-hybridized carbons (Fsp3) is 0.258. The van der Waals surface area contributed by atoms with Crippen LogP contribution >= 0.6 is 0 Å². The van der Waals surface area contributed by atoms with E-state index in [1.165, 1.54) is 36.8 Å². The number of nitrogens with zero attached hydrogens (tertiary/aromatic N) is 6. The van der Waals surface area contributed by atoms with Gasteiger partial charge in [-0.15, -0.1) is 0 Å². The van der Waals surface area contributed by atoms with Gasteiger partial charge in [-0.2, -0.15) is 13.7 Å². The van der Waals surface area contributed by atoms with Gasteiger partial charge in [-0.3, -0.25) is 0 Å². The van der Waals surface area contributed by atoms with E-state index in [1.807, 2.05) is 15.5 Å². The Morgan fingerprint density at radius 3 is 2.48 bits per heavy atom. The molecular weight excluding hydrogens is 588 g/mol. The Hall–Kier alpha value is -4.80. The highest BCUT2D eigenvalue weighted by Gasteiger charge is 2.32. The van der Waals surface area contributed by atoms with Crippen LogP contribution in [0.2, 0.25) is 0 Å². The molecule has 5 heterocycles. The number of para-hydroxylation sites is 1. The normalized spacial score (nSPS) is 15.5. The zero-order valence-electron chi connectivity index (χ0n) is 23.4. The monoisotopic (exact) mass is 615 g/mol. The van der Waals surface area contributed by atoms with Crippen LogP contribution in [0.3, 0.4) is 0 Å². The zero-order chi connectivity index (χ0) is 30.7. The van der Waals surface area contributed by atoms with E-state index in [0.717, 1.165) is 16.5 Å². The minimum Gasteiger partial charge on any atom is -0.506 e. The number of piperidine rings is 1. The molecule has 2 aliphatic heterocycles. The van der Waals surface area contributed by atoms with E-state index in [1.54, 1.807) is 12.1 Å². The third-order valence-corrected chi connectivity index (χ3v) is 9.91. The minimum absolute atomic E-state index is 0.00130. The summed E-state index contributed by atoms with van der Waals surface area (Å²) in [5.41, 5.74) is 7.81. The molecule has 44 heavy (non-hydrogen) atoms. The Balaban J connectivity index is 1.57. The molecule has 2 aliphatic rings. The number of rotatable bonds is 5. The van der Waals surface area contributed by atoms with Crippen LogP contribution in [0.1, 0.15) is 30.7 Å². The molecule has 0 amide bonds. The van der Waals surface area contributed by atoms with Crippen LogP contribution in [0.25, 0.3) is 33.3 Å². The molecule has 0 aliphatic carbocycles. The Morgan fingerprint density at radius 1 is 1.02 bits per heavy atom. The molecule has 0 bridgehead atoms. The van der Waals surface area contributed by atoms with Crippen molar-refractivity contribution in [3.8, 4) is 34.1 Å². The van der Waals surface area contributed by atoms with Crippen LogP contribution in [0.15, 0.2) is 60.0 Å². The van der Waals surface area contributed by atoms with Crippen LogP contribution in [0.5, 0.6) is 5.75 Å². The smallest absolute Gasteiger partial charge is 0.288 e. The van der Waals surface area contributed by atoms with Gasteiger partial charge in [0.1, 0.15) is 29.3 Å². The molecule has 10 nitrogen and oxygen atoms in total. The summed E-state index contributed by atoms with van der Waals surface area (Å²) in [7, 11) is -4.29. The van der Waals surface area contributed by atoms with Crippen molar-refractivity contribution in [1.29, 1.82) is 5.26 Å². The van der Waals surface area contributed by atoms with E-state index in [0.29, 0.717) is 61.4 Å². The van der Waals surface area contributed by atoms with E-state index >= 15 is 0 Å². The molecule has 0 saturated carbocycles. The van der Waals surface area contributed by atoms with Gasteiger partial charge in [-0.1, -0.05) is 12.1 Å². The number of halogens is 2. The van der Waals surface area contributed by atoms with Gasteiger partial charge in [-0.05, 0) is 43.0 Å². The number of nitriles is 1. The van der Waals surface area contributed by atoms with Crippen molar-refractivity contribution in [3.63, 3.8) is 0 Å². The molecule has 3 aromatic heterocycles. The molecular formula is C31H27F2N7O3S. The lowest BCUT2D eigenvalue weighted by Gasteiger charge is -2.34. The Labute approximate surface area is 251 Å². The number of hydrogen-bond acceptors (Lipinski definition) is 8. The lowest BCUT2D eigenvalue weighted by molar-refractivity contribution is 0.475. The average molecular weight is 616 g/mol. The lowest BCUT2D eigenvalue weighted by Crippen LogP contribution is -2.40. The van der Waals surface area contributed by atoms with Crippen LogP contribution in [0, 0.1) is 23.0 Å². The Morgan fingerprint density at radius 2 is 1.77 bits per heavy atom. The number of fused-ring (bicyclic) bond motifs is 2. The molecule has 13 heteroatoms. The number of phenolic OH excluding ortho intramolecular Hbond substituents is 1. The van der Waals surface area contributed by atoms with E-state index in [4.69, 9.17) is 5.73 Å². The van der Waals surface area contributed by atoms with Crippen molar-refractivity contribution in [2.75, 3.05) is 18.0 Å². The largest absolute Gasteiger partial charge is 0.506 e. The van der Waals surface area contributed by atoms with E-state index in [9.17, 15) is 27.6 Å². The summed E-state index contributed by atoms with van der Waals surface area (Å²) >= 11 is 0. The topological polar surface area (TPSA) is 143 Å². The average Bonchev–Trinajstić information content (AvgIpc) is 3.71. The molecule has 7 rings (SSSR count). The third-order valence-electron chi connectivity index (χ3n) is 8.39. The summed E-state index contributed by atoms with van der Waals surface area (Å²) in [4.78, 5) is 11.0. The Kier molecular flexibility index (Phi) is 6.64. The maximum absolute atomic E-state index is 14.5. The maximum atomic E-state index is 14.5. The molecule has 1 saturated heterocycles. The molecule has 0 spiro atoms. The van der Waals surface area contributed by atoms with Crippen molar-refractivity contribution in [1.82, 2.24) is 18.5 Å². The predicted molar refractivity (Wildman–Crippen MR) is 159 cm³/mol. The standard InChI is InChI=1S/C31H27F2N7O3S/c32-20-11-19(12-21(33)13-20)24-15-36-31-28(29(24)38-9-6-22(35)7-10-38)25(23-4-1-3-18(14-34)30(23)41)16-40(31)44(42,43)27-17-39-8-2-5-26(39)37-27/h1,3-4,11-13,15-17,22,41H,2,5-10,35H2.